The van der Waals surface area contributed by atoms with Gasteiger partial charge in [-0.25, -0.2) is 0 Å². The minimum absolute atomic E-state index is 0.385. The largest absolute Gasteiger partial charge is 0.494 e. The number of hydrogen-bond donors (Lipinski definition) is 1. The van der Waals surface area contributed by atoms with Gasteiger partial charge in [0.05, 0.1) is 17.9 Å². The molecular formula is C14H14N4O2S. The summed E-state index contributed by atoms with van der Waals surface area (Å²) in [5, 5.41) is 4.58. The molecule has 0 aliphatic carbocycles. The number of nitrogens with zero attached hydrogens (tertiary/aromatic N) is 3. The topological polar surface area (TPSA) is 87.1 Å². The van der Waals surface area contributed by atoms with Gasteiger partial charge in [0.1, 0.15) is 10.8 Å². The second-order valence-electron chi connectivity index (χ2n) is 4.39. The Morgan fingerprint density at radius 1 is 1.38 bits per heavy atom. The third kappa shape index (κ3) is 2.59. The van der Waals surface area contributed by atoms with Gasteiger partial charge in [0.25, 0.3) is 5.89 Å². The highest BCUT2D eigenvalue weighted by Gasteiger charge is 2.18. The van der Waals surface area contributed by atoms with E-state index in [1.165, 1.54) is 11.5 Å². The van der Waals surface area contributed by atoms with Crippen molar-refractivity contribution in [2.75, 3.05) is 12.3 Å². The molecule has 0 radical (unpaired) electrons. The Hall–Kier alpha value is -2.41. The van der Waals surface area contributed by atoms with Crippen LogP contribution in [0.25, 0.3) is 22.8 Å². The van der Waals surface area contributed by atoms with Gasteiger partial charge >= 0.3 is 0 Å². The van der Waals surface area contributed by atoms with E-state index in [9.17, 15) is 0 Å². The molecule has 0 aliphatic heterocycles. The normalized spacial score (nSPS) is 10.8. The van der Waals surface area contributed by atoms with E-state index in [4.69, 9.17) is 15.0 Å². The van der Waals surface area contributed by atoms with Gasteiger partial charge < -0.3 is 15.0 Å². The Balaban J connectivity index is 1.97. The zero-order valence-electron chi connectivity index (χ0n) is 11.7. The van der Waals surface area contributed by atoms with E-state index >= 15 is 0 Å². The molecule has 7 heteroatoms. The van der Waals surface area contributed by atoms with Crippen LogP contribution in [0.3, 0.4) is 0 Å². The molecule has 2 N–H and O–H groups in total. The van der Waals surface area contributed by atoms with E-state index in [-0.39, 0.29) is 0 Å². The number of benzene rings is 1. The predicted molar refractivity (Wildman–Crippen MR) is 81.2 cm³/mol. The highest BCUT2D eigenvalue weighted by Crippen LogP contribution is 2.32. The second-order valence-corrected chi connectivity index (χ2v) is 5.20. The van der Waals surface area contributed by atoms with Crippen LogP contribution in [0.15, 0.2) is 28.8 Å². The molecule has 0 unspecified atom stereocenters. The lowest BCUT2D eigenvalue weighted by Gasteiger charge is -2.02. The average molecular weight is 302 g/mol. The number of aryl methyl sites for hydroxylation is 1. The Kier molecular flexibility index (Phi) is 3.57. The summed E-state index contributed by atoms with van der Waals surface area (Å²) < 4.78 is 15.0. The van der Waals surface area contributed by atoms with Crippen LogP contribution in [-0.4, -0.2) is 21.1 Å². The van der Waals surface area contributed by atoms with Crippen LogP contribution in [0.5, 0.6) is 5.75 Å². The molecule has 0 atom stereocenters. The Bertz CT molecular complexity index is 746. The van der Waals surface area contributed by atoms with Crippen LogP contribution >= 0.6 is 11.5 Å². The number of nitrogen functional groups attached to an aromatic ring is 1. The van der Waals surface area contributed by atoms with Crippen LogP contribution in [0, 0.1) is 6.92 Å². The average Bonchev–Trinajstić information content (AvgIpc) is 3.07. The summed E-state index contributed by atoms with van der Waals surface area (Å²) in [6, 6.07) is 7.56. The lowest BCUT2D eigenvalue weighted by molar-refractivity contribution is 0.340. The molecule has 0 fully saturated rings. The smallest absolute Gasteiger partial charge is 0.263 e. The summed E-state index contributed by atoms with van der Waals surface area (Å²) in [5.41, 5.74) is 8.22. The monoisotopic (exact) mass is 302 g/mol. The first-order valence-corrected chi connectivity index (χ1v) is 7.25. The maximum Gasteiger partial charge on any atom is 0.263 e. The van der Waals surface area contributed by atoms with Crippen molar-refractivity contribution >= 4 is 16.5 Å². The molecule has 0 saturated carbocycles. The minimum Gasteiger partial charge on any atom is -0.494 e. The predicted octanol–water partition coefficient (Wildman–Crippen LogP) is 3.15. The lowest BCUT2D eigenvalue weighted by Crippen LogP contribution is -1.91. The molecule has 2 heterocycles. The number of anilines is 1. The van der Waals surface area contributed by atoms with E-state index in [2.05, 4.69) is 14.5 Å². The number of nitrogens with two attached hydrogens (primary N) is 1. The van der Waals surface area contributed by atoms with Crippen LogP contribution in [0.4, 0.5) is 5.00 Å². The highest BCUT2D eigenvalue weighted by atomic mass is 32.1. The third-order valence-electron chi connectivity index (χ3n) is 2.93. The summed E-state index contributed by atoms with van der Waals surface area (Å²) >= 11 is 1.22. The van der Waals surface area contributed by atoms with Crippen LogP contribution < -0.4 is 10.5 Å². The summed E-state index contributed by atoms with van der Waals surface area (Å²) in [7, 11) is 0. The molecule has 6 nitrogen and oxygen atoms in total. The second kappa shape index (κ2) is 5.53. The summed E-state index contributed by atoms with van der Waals surface area (Å²) in [5.74, 6) is 1.65. The van der Waals surface area contributed by atoms with Crippen LogP contribution in [-0.2, 0) is 0 Å². The number of ether oxygens (including phenoxy) is 1. The lowest BCUT2D eigenvalue weighted by atomic mass is 10.2. The van der Waals surface area contributed by atoms with Crippen molar-refractivity contribution in [3.05, 3.63) is 30.0 Å². The van der Waals surface area contributed by atoms with Gasteiger partial charge in [0.15, 0.2) is 0 Å². The van der Waals surface area contributed by atoms with Crippen molar-refractivity contribution in [1.29, 1.82) is 0 Å². The van der Waals surface area contributed by atoms with E-state index in [1.807, 2.05) is 38.1 Å². The van der Waals surface area contributed by atoms with Crippen molar-refractivity contribution < 1.29 is 9.26 Å². The van der Waals surface area contributed by atoms with Gasteiger partial charge in [0, 0.05) is 5.56 Å². The van der Waals surface area contributed by atoms with E-state index in [0.717, 1.165) is 17.0 Å². The van der Waals surface area contributed by atoms with Crippen molar-refractivity contribution in [3.63, 3.8) is 0 Å². The molecule has 0 saturated heterocycles. The molecular weight excluding hydrogens is 288 g/mol. The summed E-state index contributed by atoms with van der Waals surface area (Å²) in [6.07, 6.45) is 0. The molecule has 0 amide bonds. The number of hydrogen-bond acceptors (Lipinski definition) is 7. The van der Waals surface area contributed by atoms with Gasteiger partial charge in [0.2, 0.25) is 5.82 Å². The zero-order chi connectivity index (χ0) is 14.8. The quantitative estimate of drug-likeness (QED) is 0.796. The van der Waals surface area contributed by atoms with Crippen LogP contribution in [0.1, 0.15) is 12.6 Å². The van der Waals surface area contributed by atoms with Crippen molar-refractivity contribution in [2.45, 2.75) is 13.8 Å². The van der Waals surface area contributed by atoms with Gasteiger partial charge in [-0.15, -0.1) is 0 Å². The summed E-state index contributed by atoms with van der Waals surface area (Å²) in [6.45, 7) is 4.41. The minimum atomic E-state index is 0.385. The Morgan fingerprint density at radius 3 is 2.95 bits per heavy atom. The van der Waals surface area contributed by atoms with Gasteiger partial charge in [-0.3, -0.25) is 0 Å². The fraction of sp³-hybridized carbons (Fsp3) is 0.214. The molecule has 108 valence electrons. The number of aromatic nitrogens is 3. The van der Waals surface area contributed by atoms with Gasteiger partial charge in [-0.05, 0) is 37.5 Å². The van der Waals surface area contributed by atoms with Gasteiger partial charge in [-0.1, -0.05) is 17.3 Å². The Labute approximate surface area is 125 Å². The molecule has 0 aliphatic rings. The SMILES string of the molecule is CCOc1cccc(-c2noc(-c3c(C)nsc3N)n2)c1. The Morgan fingerprint density at radius 2 is 2.24 bits per heavy atom. The first-order chi connectivity index (χ1) is 10.2. The molecule has 3 rings (SSSR count). The highest BCUT2D eigenvalue weighted by molar-refractivity contribution is 7.10. The molecule has 1 aromatic carbocycles. The molecule has 0 bridgehead atoms. The molecule has 21 heavy (non-hydrogen) atoms. The van der Waals surface area contributed by atoms with E-state index in [0.29, 0.717) is 28.9 Å². The first kappa shape index (κ1) is 13.6. The maximum atomic E-state index is 5.89. The van der Waals surface area contributed by atoms with Crippen LogP contribution in [0.2, 0.25) is 0 Å². The fourth-order valence-electron chi connectivity index (χ4n) is 1.98. The van der Waals surface area contributed by atoms with E-state index < -0.39 is 0 Å². The standard InChI is InChI=1S/C14H14N4O2S/c1-3-19-10-6-4-5-9(7-10)13-16-14(20-17-13)11-8(2)18-21-12(11)15/h4-7H,3,15H2,1-2H3. The first-order valence-electron chi connectivity index (χ1n) is 6.48. The molecule has 0 spiro atoms. The summed E-state index contributed by atoms with van der Waals surface area (Å²) in [4.78, 5) is 4.40. The van der Waals surface area contributed by atoms with Gasteiger partial charge in [-0.2, -0.15) is 9.36 Å². The number of rotatable bonds is 4. The third-order valence-corrected chi connectivity index (χ3v) is 3.70. The van der Waals surface area contributed by atoms with Crippen molar-refractivity contribution in [2.24, 2.45) is 0 Å². The molecule has 3 aromatic rings. The van der Waals surface area contributed by atoms with E-state index in [1.54, 1.807) is 0 Å². The fourth-order valence-corrected chi connectivity index (χ4v) is 2.63. The molecule has 2 aromatic heterocycles. The zero-order valence-corrected chi connectivity index (χ0v) is 12.5. The maximum absolute atomic E-state index is 5.89. The van der Waals surface area contributed by atoms with Crippen molar-refractivity contribution in [1.82, 2.24) is 14.5 Å². The van der Waals surface area contributed by atoms with Crippen molar-refractivity contribution in [3.8, 4) is 28.6 Å².